The van der Waals surface area contributed by atoms with E-state index in [4.69, 9.17) is 4.84 Å². The number of alkyl halides is 1. The van der Waals surface area contributed by atoms with Crippen LogP contribution in [0.15, 0.2) is 35.6 Å². The number of hydrogen-bond acceptors (Lipinski definition) is 6. The van der Waals surface area contributed by atoms with Crippen molar-refractivity contribution < 1.29 is 27.4 Å². The Labute approximate surface area is 180 Å². The van der Waals surface area contributed by atoms with Crippen LogP contribution in [0, 0.1) is 17.6 Å². The number of carbonyl (C=O) groups is 1. The van der Waals surface area contributed by atoms with Crippen molar-refractivity contribution in [1.29, 1.82) is 0 Å². The van der Waals surface area contributed by atoms with E-state index in [2.05, 4.69) is 9.97 Å². The molecule has 11 heteroatoms. The average molecular weight is 454 g/mol. The molecule has 2 saturated heterocycles. The van der Waals surface area contributed by atoms with Gasteiger partial charge >= 0.3 is 0 Å². The maximum Gasteiger partial charge on any atom is 0.252 e. The number of carbonyl (C=O) groups excluding carboxylic acids is 1. The van der Waals surface area contributed by atoms with Crippen molar-refractivity contribution in [3.63, 3.8) is 0 Å². The van der Waals surface area contributed by atoms with Crippen molar-refractivity contribution in [1.82, 2.24) is 15.0 Å². The monoisotopic (exact) mass is 454 g/mol. The number of rotatable bonds is 4. The minimum atomic E-state index is -1.50. The van der Waals surface area contributed by atoms with Crippen LogP contribution in [-0.4, -0.2) is 57.6 Å². The summed E-state index contributed by atoms with van der Waals surface area (Å²) in [5.74, 6) is -2.54. The van der Waals surface area contributed by atoms with Gasteiger partial charge in [-0.25, -0.2) is 23.2 Å². The number of hydrogen-bond donors (Lipinski definition) is 0. The molecule has 31 heavy (non-hydrogen) atoms. The third-order valence-electron chi connectivity index (χ3n) is 5.50. The summed E-state index contributed by atoms with van der Waals surface area (Å²) in [4.78, 5) is 28.2. The number of piperidine rings is 1. The molecular formula is C20H21F3N4O3S. The fourth-order valence-electron chi connectivity index (χ4n) is 3.97. The number of anilines is 1. The molecule has 2 aliphatic rings. The smallest absolute Gasteiger partial charge is 0.252 e. The molecule has 1 aromatic heterocycles. The molecule has 2 fully saturated rings. The first-order chi connectivity index (χ1) is 14.8. The zero-order chi connectivity index (χ0) is 22.1. The number of nitrogens with zero attached hydrogens (tertiary/aromatic N) is 4. The van der Waals surface area contributed by atoms with Crippen LogP contribution in [0.3, 0.4) is 0 Å². The van der Waals surface area contributed by atoms with Gasteiger partial charge in [0, 0.05) is 30.2 Å². The lowest BCUT2D eigenvalue weighted by atomic mass is 9.93. The Morgan fingerprint density at radius 3 is 2.61 bits per heavy atom. The van der Waals surface area contributed by atoms with Crippen molar-refractivity contribution >= 4 is 22.9 Å². The molecule has 1 amide bonds. The molecule has 0 bridgehead atoms. The second-order valence-electron chi connectivity index (χ2n) is 7.53. The Morgan fingerprint density at radius 1 is 1.19 bits per heavy atom. The number of benzene rings is 1. The average Bonchev–Trinajstić information content (AvgIpc) is 3.22. The molecule has 0 N–H and O–H groups in total. The summed E-state index contributed by atoms with van der Waals surface area (Å²) in [6.07, 6.45) is 1.84. The normalized spacial score (nSPS) is 25.0. The van der Waals surface area contributed by atoms with Crippen molar-refractivity contribution in [2.24, 2.45) is 5.92 Å². The van der Waals surface area contributed by atoms with Crippen molar-refractivity contribution in [3.05, 3.63) is 47.8 Å². The Balaban J connectivity index is 1.47. The number of hydroxylamine groups is 2. The third kappa shape index (κ3) is 4.63. The first kappa shape index (κ1) is 21.8. The molecule has 3 heterocycles. The summed E-state index contributed by atoms with van der Waals surface area (Å²) in [6.45, 7) is 0.481. The molecule has 7 nitrogen and oxygen atoms in total. The summed E-state index contributed by atoms with van der Waals surface area (Å²) in [7, 11) is 0. The van der Waals surface area contributed by atoms with Crippen LogP contribution in [0.1, 0.15) is 24.4 Å². The van der Waals surface area contributed by atoms with Crippen molar-refractivity contribution in [3.8, 4) is 0 Å². The number of aromatic nitrogens is 2. The van der Waals surface area contributed by atoms with Crippen LogP contribution >= 0.6 is 0 Å². The van der Waals surface area contributed by atoms with E-state index in [-0.39, 0.29) is 25.1 Å². The van der Waals surface area contributed by atoms with Crippen molar-refractivity contribution in [2.45, 2.75) is 30.1 Å². The van der Waals surface area contributed by atoms with Gasteiger partial charge in [-0.1, -0.05) is 0 Å². The highest BCUT2D eigenvalue weighted by Gasteiger charge is 2.42. The summed E-state index contributed by atoms with van der Waals surface area (Å²) >= 11 is -1.30. The van der Waals surface area contributed by atoms with Gasteiger partial charge in [-0.05, 0) is 24.1 Å². The second kappa shape index (κ2) is 9.01. The highest BCUT2D eigenvalue weighted by atomic mass is 32.2. The molecule has 0 spiro atoms. The molecule has 0 radical (unpaired) electrons. The van der Waals surface area contributed by atoms with Crippen LogP contribution in [-0.2, 0) is 20.8 Å². The molecule has 166 valence electrons. The van der Waals surface area contributed by atoms with E-state index in [0.717, 1.165) is 23.3 Å². The molecule has 1 aromatic carbocycles. The second-order valence-corrected chi connectivity index (χ2v) is 8.86. The van der Waals surface area contributed by atoms with E-state index in [1.165, 1.54) is 12.6 Å². The van der Waals surface area contributed by atoms with E-state index in [9.17, 15) is 18.1 Å². The van der Waals surface area contributed by atoms with Crippen LogP contribution in [0.4, 0.5) is 19.0 Å². The van der Waals surface area contributed by atoms with E-state index >= 15 is 4.39 Å². The van der Waals surface area contributed by atoms with Gasteiger partial charge in [0.1, 0.15) is 36.2 Å². The lowest BCUT2D eigenvalue weighted by Crippen LogP contribution is -2.49. The lowest BCUT2D eigenvalue weighted by Gasteiger charge is -2.36. The molecule has 0 unspecified atom stereocenters. The topological polar surface area (TPSA) is 81.6 Å². The Bertz CT molecular complexity index is 947. The van der Waals surface area contributed by atoms with E-state index in [1.54, 1.807) is 11.0 Å². The van der Waals surface area contributed by atoms with Gasteiger partial charge in [-0.15, -0.1) is 0 Å². The molecule has 2 aromatic rings. The van der Waals surface area contributed by atoms with Gasteiger partial charge in [0.05, 0.1) is 31.2 Å². The zero-order valence-corrected chi connectivity index (χ0v) is 17.5. The first-order valence-corrected chi connectivity index (χ1v) is 11.4. The highest BCUT2D eigenvalue weighted by molar-refractivity contribution is 7.90. The third-order valence-corrected chi connectivity index (χ3v) is 6.31. The zero-order valence-electron chi connectivity index (χ0n) is 16.7. The first-order valence-electron chi connectivity index (χ1n) is 9.80. The number of halogens is 3. The molecule has 4 rings (SSSR count). The van der Waals surface area contributed by atoms with Gasteiger partial charge in [0.15, 0.2) is 0 Å². The minimum absolute atomic E-state index is 0.0731. The maximum atomic E-state index is 15.0. The number of amides is 1. The van der Waals surface area contributed by atoms with Crippen LogP contribution in [0.25, 0.3) is 0 Å². The van der Waals surface area contributed by atoms with E-state index in [0.29, 0.717) is 23.8 Å². The Hall–Kier alpha value is -2.37. The predicted molar refractivity (Wildman–Crippen MR) is 106 cm³/mol. The summed E-state index contributed by atoms with van der Waals surface area (Å²) in [5, 5.41) is 1.40. The fraction of sp³-hybridized carbons (Fsp3) is 0.450. The van der Waals surface area contributed by atoms with E-state index < -0.39 is 46.8 Å². The van der Waals surface area contributed by atoms with Crippen LogP contribution in [0.2, 0.25) is 0 Å². The summed E-state index contributed by atoms with van der Waals surface area (Å²) in [6, 6.07) is 3.94. The van der Waals surface area contributed by atoms with Gasteiger partial charge in [-0.3, -0.25) is 9.63 Å². The fourth-order valence-corrected chi connectivity index (χ4v) is 4.44. The van der Waals surface area contributed by atoms with Gasteiger partial charge in [-0.2, -0.15) is 4.98 Å². The standard InChI is InChI=1S/C20H21F3N4O3S/c1-31(29)19-9-18(24-11-25-19)26-4-2-15(16(23)10-26)20(28)27-17(3-5-30-27)12-6-13(21)8-14(22)7-12/h6-9,11,15-17H,2-5,10H2,1H3/t15-,16+,17-,31-/m1/s1. The van der Waals surface area contributed by atoms with Crippen molar-refractivity contribution in [2.75, 3.05) is 30.9 Å². The predicted octanol–water partition coefficient (Wildman–Crippen LogP) is 2.56. The molecular weight excluding hydrogens is 433 g/mol. The molecule has 4 atom stereocenters. The van der Waals surface area contributed by atoms with Crippen LogP contribution < -0.4 is 4.90 Å². The van der Waals surface area contributed by atoms with Crippen LogP contribution in [0.5, 0.6) is 0 Å². The summed E-state index contributed by atoms with van der Waals surface area (Å²) < 4.78 is 53.9. The minimum Gasteiger partial charge on any atom is -0.610 e. The quantitative estimate of drug-likeness (QED) is 0.522. The lowest BCUT2D eigenvalue weighted by molar-refractivity contribution is -0.184. The van der Waals surface area contributed by atoms with Gasteiger partial charge < -0.3 is 9.45 Å². The maximum absolute atomic E-state index is 15.0. The molecule has 0 aliphatic carbocycles. The molecule has 2 aliphatic heterocycles. The highest BCUT2D eigenvalue weighted by Crippen LogP contribution is 2.35. The Kier molecular flexibility index (Phi) is 6.35. The van der Waals surface area contributed by atoms with Gasteiger partial charge in [0.25, 0.3) is 5.91 Å². The molecule has 0 saturated carbocycles. The summed E-state index contributed by atoms with van der Waals surface area (Å²) in [5.41, 5.74) is 0.275. The largest absolute Gasteiger partial charge is 0.610 e. The Morgan fingerprint density at radius 2 is 1.94 bits per heavy atom. The van der Waals surface area contributed by atoms with E-state index in [1.807, 2.05) is 0 Å². The SMILES string of the molecule is C[S@@+]([O-])c1cc(N2CC[C@@H](C(=O)N3OCC[C@@H]3c3cc(F)cc(F)c3)[C@@H](F)C2)ncn1. The van der Waals surface area contributed by atoms with Gasteiger partial charge in [0.2, 0.25) is 5.03 Å².